The van der Waals surface area contributed by atoms with E-state index in [1.807, 2.05) is 6.08 Å². The summed E-state index contributed by atoms with van der Waals surface area (Å²) in [6.45, 7) is 9.16. The molecule has 0 bridgehead atoms. The Morgan fingerprint density at radius 2 is 1.75 bits per heavy atom. The van der Waals surface area contributed by atoms with Gasteiger partial charge in [0.15, 0.2) is 0 Å². The van der Waals surface area contributed by atoms with Crippen molar-refractivity contribution < 1.29 is 5.11 Å². The highest BCUT2D eigenvalue weighted by molar-refractivity contribution is 4.94. The summed E-state index contributed by atoms with van der Waals surface area (Å²) in [6.07, 6.45) is 10.2. The first-order valence-corrected chi connectivity index (χ1v) is 6.77. The van der Waals surface area contributed by atoms with Gasteiger partial charge >= 0.3 is 0 Å². The largest absolute Gasteiger partial charge is 0.389 e. The molecular formula is C15H28O. The molecule has 0 saturated heterocycles. The molecule has 1 nitrogen and oxygen atoms in total. The Hall–Kier alpha value is -0.300. The van der Waals surface area contributed by atoms with Gasteiger partial charge < -0.3 is 5.11 Å². The van der Waals surface area contributed by atoms with E-state index in [1.54, 1.807) is 0 Å². The zero-order valence-electron chi connectivity index (χ0n) is 11.4. The minimum absolute atomic E-state index is 0.247. The molecule has 1 aliphatic rings. The van der Waals surface area contributed by atoms with Gasteiger partial charge in [-0.3, -0.25) is 0 Å². The van der Waals surface area contributed by atoms with Crippen LogP contribution >= 0.6 is 0 Å². The molecule has 1 rings (SSSR count). The van der Waals surface area contributed by atoms with Crippen molar-refractivity contribution in [3.63, 3.8) is 0 Å². The maximum absolute atomic E-state index is 9.95. The van der Waals surface area contributed by atoms with Crippen LogP contribution in [0.4, 0.5) is 0 Å². The highest BCUT2D eigenvalue weighted by Gasteiger charge is 2.20. The van der Waals surface area contributed by atoms with Crippen LogP contribution in [0, 0.1) is 17.3 Å². The van der Waals surface area contributed by atoms with Crippen LogP contribution in [0.15, 0.2) is 12.2 Å². The Kier molecular flexibility index (Phi) is 5.04. The lowest BCUT2D eigenvalue weighted by atomic mass is 9.80. The lowest BCUT2D eigenvalue weighted by molar-refractivity contribution is 0.151. The maximum atomic E-state index is 9.95. The molecule has 0 spiro atoms. The number of allylic oxidation sites excluding steroid dienone is 1. The molecule has 0 fully saturated rings. The lowest BCUT2D eigenvalue weighted by Crippen LogP contribution is -2.16. The summed E-state index contributed by atoms with van der Waals surface area (Å²) in [7, 11) is 0. The third-order valence-electron chi connectivity index (χ3n) is 4.01. The molecule has 1 aliphatic carbocycles. The average Bonchev–Trinajstić information content (AvgIpc) is 2.23. The minimum Gasteiger partial charge on any atom is -0.389 e. The number of hydrogen-bond acceptors (Lipinski definition) is 1. The normalized spacial score (nSPS) is 38.7. The smallest absolute Gasteiger partial charge is 0.0746 e. The third-order valence-corrected chi connectivity index (χ3v) is 4.01. The summed E-state index contributed by atoms with van der Waals surface area (Å²) in [5, 5.41) is 9.95. The summed E-state index contributed by atoms with van der Waals surface area (Å²) in [5.74, 6) is 0.997. The van der Waals surface area contributed by atoms with Gasteiger partial charge in [-0.05, 0) is 42.9 Å². The second-order valence-electron chi connectivity index (χ2n) is 6.43. The van der Waals surface area contributed by atoms with Crippen LogP contribution in [0.2, 0.25) is 0 Å². The Bertz CT molecular complexity index is 230. The molecule has 0 saturated carbocycles. The minimum atomic E-state index is -0.247. The van der Waals surface area contributed by atoms with Gasteiger partial charge in [-0.1, -0.05) is 46.3 Å². The number of rotatable bonds is 0. The van der Waals surface area contributed by atoms with Gasteiger partial charge in [0, 0.05) is 0 Å². The van der Waals surface area contributed by atoms with Gasteiger partial charge in [0.2, 0.25) is 0 Å². The molecule has 16 heavy (non-hydrogen) atoms. The van der Waals surface area contributed by atoms with Crippen molar-refractivity contribution >= 4 is 0 Å². The summed E-state index contributed by atoms with van der Waals surface area (Å²) in [4.78, 5) is 0. The van der Waals surface area contributed by atoms with Crippen molar-refractivity contribution in [3.05, 3.63) is 12.2 Å². The van der Waals surface area contributed by atoms with Gasteiger partial charge in [-0.15, -0.1) is 0 Å². The quantitative estimate of drug-likeness (QED) is 0.612. The number of aliphatic hydroxyl groups is 1. The Morgan fingerprint density at radius 3 is 2.44 bits per heavy atom. The first-order valence-electron chi connectivity index (χ1n) is 6.77. The van der Waals surface area contributed by atoms with E-state index in [1.165, 1.54) is 25.7 Å². The van der Waals surface area contributed by atoms with Crippen molar-refractivity contribution in [3.8, 4) is 0 Å². The van der Waals surface area contributed by atoms with E-state index >= 15 is 0 Å². The van der Waals surface area contributed by atoms with Crippen LogP contribution in [-0.2, 0) is 0 Å². The standard InChI is InChI=1S/C15H28O/c1-12-7-8-14(16)13(2)6-5-10-15(3,4)11-9-12/h7-8,12-14,16H,5-6,9-11H2,1-4H3/b8-7-. The fourth-order valence-electron chi connectivity index (χ4n) is 2.41. The Labute approximate surface area is 101 Å². The van der Waals surface area contributed by atoms with E-state index in [2.05, 4.69) is 33.8 Å². The SMILES string of the molecule is CC1/C=C\C(O)C(C)CCCC(C)(C)CC1. The van der Waals surface area contributed by atoms with Crippen LogP contribution < -0.4 is 0 Å². The van der Waals surface area contributed by atoms with E-state index in [0.717, 1.165) is 6.42 Å². The zero-order valence-corrected chi connectivity index (χ0v) is 11.4. The van der Waals surface area contributed by atoms with E-state index in [9.17, 15) is 5.11 Å². The molecule has 1 N–H and O–H groups in total. The predicted molar refractivity (Wildman–Crippen MR) is 70.3 cm³/mol. The fourth-order valence-corrected chi connectivity index (χ4v) is 2.41. The lowest BCUT2D eigenvalue weighted by Gasteiger charge is -2.26. The van der Waals surface area contributed by atoms with Gasteiger partial charge in [-0.2, -0.15) is 0 Å². The molecule has 0 heterocycles. The van der Waals surface area contributed by atoms with Crippen molar-refractivity contribution in [2.45, 2.75) is 65.9 Å². The van der Waals surface area contributed by atoms with Crippen LogP contribution in [-0.4, -0.2) is 11.2 Å². The molecule has 0 aromatic heterocycles. The molecule has 3 atom stereocenters. The van der Waals surface area contributed by atoms with Gasteiger partial charge in [0.1, 0.15) is 0 Å². The molecule has 0 amide bonds. The Morgan fingerprint density at radius 1 is 1.06 bits per heavy atom. The van der Waals surface area contributed by atoms with Gasteiger partial charge in [0.25, 0.3) is 0 Å². The summed E-state index contributed by atoms with van der Waals surface area (Å²) >= 11 is 0. The van der Waals surface area contributed by atoms with Crippen LogP contribution in [0.3, 0.4) is 0 Å². The number of hydrogen-bond donors (Lipinski definition) is 1. The van der Waals surface area contributed by atoms with Crippen molar-refractivity contribution in [1.29, 1.82) is 0 Å². The predicted octanol–water partition coefficient (Wildman–Crippen LogP) is 4.17. The van der Waals surface area contributed by atoms with Crippen molar-refractivity contribution in [2.24, 2.45) is 17.3 Å². The summed E-state index contributed by atoms with van der Waals surface area (Å²) < 4.78 is 0. The molecule has 0 radical (unpaired) electrons. The first kappa shape index (κ1) is 13.8. The van der Waals surface area contributed by atoms with Crippen LogP contribution in [0.1, 0.15) is 59.8 Å². The molecule has 1 heteroatoms. The van der Waals surface area contributed by atoms with E-state index in [-0.39, 0.29) is 6.10 Å². The average molecular weight is 224 g/mol. The van der Waals surface area contributed by atoms with Gasteiger partial charge in [-0.25, -0.2) is 0 Å². The zero-order chi connectivity index (χ0) is 12.2. The topological polar surface area (TPSA) is 20.2 Å². The molecule has 0 aliphatic heterocycles. The summed E-state index contributed by atoms with van der Waals surface area (Å²) in [6, 6.07) is 0. The third kappa shape index (κ3) is 4.69. The maximum Gasteiger partial charge on any atom is 0.0746 e. The molecule has 0 aromatic rings. The molecular weight excluding hydrogens is 196 g/mol. The van der Waals surface area contributed by atoms with Gasteiger partial charge in [0.05, 0.1) is 6.10 Å². The second kappa shape index (κ2) is 5.86. The number of aliphatic hydroxyl groups excluding tert-OH is 1. The van der Waals surface area contributed by atoms with Crippen LogP contribution in [0.25, 0.3) is 0 Å². The fraction of sp³-hybridized carbons (Fsp3) is 0.867. The summed E-state index contributed by atoms with van der Waals surface area (Å²) in [5.41, 5.74) is 0.469. The molecule has 94 valence electrons. The molecule has 3 unspecified atom stereocenters. The highest BCUT2D eigenvalue weighted by Crippen LogP contribution is 2.32. The highest BCUT2D eigenvalue weighted by atomic mass is 16.3. The van der Waals surface area contributed by atoms with E-state index in [4.69, 9.17) is 0 Å². The van der Waals surface area contributed by atoms with E-state index < -0.39 is 0 Å². The van der Waals surface area contributed by atoms with E-state index in [0.29, 0.717) is 17.3 Å². The van der Waals surface area contributed by atoms with Crippen molar-refractivity contribution in [1.82, 2.24) is 0 Å². The van der Waals surface area contributed by atoms with Crippen molar-refractivity contribution in [2.75, 3.05) is 0 Å². The molecule has 0 aromatic carbocycles. The second-order valence-corrected chi connectivity index (χ2v) is 6.43. The van der Waals surface area contributed by atoms with Crippen LogP contribution in [0.5, 0.6) is 0 Å². The first-order chi connectivity index (χ1) is 7.41. The Balaban J connectivity index is 2.65. The monoisotopic (exact) mass is 224 g/mol.